The topological polar surface area (TPSA) is 75.0 Å². The van der Waals surface area contributed by atoms with E-state index < -0.39 is 5.54 Å². The number of carbonyl (C=O) groups is 1. The number of nitrogens with two attached hydrogens (primary N) is 1. The van der Waals surface area contributed by atoms with Gasteiger partial charge in [-0.1, -0.05) is 6.07 Å². The molecule has 1 aromatic heterocycles. The maximum atomic E-state index is 12.0. The third-order valence-corrected chi connectivity index (χ3v) is 2.98. The summed E-state index contributed by atoms with van der Waals surface area (Å²) in [5.74, 6) is 0.813. The van der Waals surface area contributed by atoms with Gasteiger partial charge in [0.25, 0.3) is 0 Å². The van der Waals surface area contributed by atoms with Gasteiger partial charge in [0, 0.05) is 13.6 Å². The number of imidazole rings is 1. The van der Waals surface area contributed by atoms with Crippen LogP contribution in [0.15, 0.2) is 18.2 Å². The molecule has 1 heterocycles. The van der Waals surface area contributed by atoms with Crippen LogP contribution in [0.25, 0.3) is 11.0 Å². The van der Waals surface area contributed by atoms with Gasteiger partial charge >= 0.3 is 0 Å². The normalized spacial score (nSPS) is 11.8. The Morgan fingerprint density at radius 3 is 2.79 bits per heavy atom. The Labute approximate surface area is 112 Å². The van der Waals surface area contributed by atoms with Crippen LogP contribution in [0.3, 0.4) is 0 Å². The van der Waals surface area contributed by atoms with Gasteiger partial charge in [-0.25, -0.2) is 4.98 Å². The molecule has 0 radical (unpaired) electrons. The molecule has 0 aliphatic rings. The van der Waals surface area contributed by atoms with Gasteiger partial charge in [0.2, 0.25) is 5.91 Å². The van der Waals surface area contributed by atoms with Gasteiger partial charge in [-0.2, -0.15) is 0 Å². The zero-order valence-electron chi connectivity index (χ0n) is 11.8. The minimum absolute atomic E-state index is 0.0756. The number of nitrogens with one attached hydrogen (secondary N) is 1. The minimum Gasteiger partial charge on any atom is -0.342 e. The fraction of sp³-hybridized carbons (Fsp3) is 0.429. The third kappa shape index (κ3) is 2.93. The highest BCUT2D eigenvalue weighted by atomic mass is 16.2. The van der Waals surface area contributed by atoms with E-state index in [4.69, 9.17) is 5.73 Å². The van der Waals surface area contributed by atoms with Crippen LogP contribution in [0, 0.1) is 6.92 Å². The second-order valence-electron chi connectivity index (χ2n) is 5.56. The van der Waals surface area contributed by atoms with Crippen LogP contribution in [-0.2, 0) is 11.3 Å². The Kier molecular flexibility index (Phi) is 3.32. The van der Waals surface area contributed by atoms with Crippen LogP contribution < -0.4 is 5.73 Å². The molecular weight excluding hydrogens is 240 g/mol. The van der Waals surface area contributed by atoms with Crippen LogP contribution in [-0.4, -0.2) is 33.4 Å². The first-order valence-corrected chi connectivity index (χ1v) is 6.27. The molecule has 2 rings (SSSR count). The highest BCUT2D eigenvalue weighted by Crippen LogP contribution is 2.15. The minimum atomic E-state index is -0.844. The summed E-state index contributed by atoms with van der Waals surface area (Å²) in [6.07, 6.45) is 0. The summed E-state index contributed by atoms with van der Waals surface area (Å²) in [6, 6.07) is 5.96. The standard InChI is InChI=1S/C14H20N4O/c1-9-16-11-6-5-10(7-12(11)17-9)8-18(4)13(19)14(2,3)15/h5-7H,8,15H2,1-4H3,(H,16,17). The van der Waals surface area contributed by atoms with Gasteiger partial charge in [-0.05, 0) is 38.5 Å². The highest BCUT2D eigenvalue weighted by molar-refractivity contribution is 5.85. The maximum Gasteiger partial charge on any atom is 0.242 e. The summed E-state index contributed by atoms with van der Waals surface area (Å²) in [5, 5.41) is 0. The molecule has 1 amide bonds. The summed E-state index contributed by atoms with van der Waals surface area (Å²) in [4.78, 5) is 21.2. The van der Waals surface area contributed by atoms with Crippen molar-refractivity contribution in [3.63, 3.8) is 0 Å². The van der Waals surface area contributed by atoms with Crippen molar-refractivity contribution >= 4 is 16.9 Å². The van der Waals surface area contributed by atoms with Crippen molar-refractivity contribution in [1.29, 1.82) is 0 Å². The highest BCUT2D eigenvalue weighted by Gasteiger charge is 2.25. The Morgan fingerprint density at radius 2 is 2.16 bits per heavy atom. The van der Waals surface area contributed by atoms with Gasteiger partial charge in [0.05, 0.1) is 16.6 Å². The molecule has 102 valence electrons. The maximum absolute atomic E-state index is 12.0. The van der Waals surface area contributed by atoms with Gasteiger partial charge in [0.1, 0.15) is 5.82 Å². The SMILES string of the molecule is Cc1nc2ccc(CN(C)C(=O)C(C)(C)N)cc2[nH]1. The first-order chi connectivity index (χ1) is 8.77. The number of aromatic amines is 1. The van der Waals surface area contributed by atoms with Gasteiger partial charge in [-0.15, -0.1) is 0 Å². The molecule has 0 aliphatic heterocycles. The van der Waals surface area contributed by atoms with Crippen LogP contribution in [0.2, 0.25) is 0 Å². The van der Waals surface area contributed by atoms with Gasteiger partial charge in [-0.3, -0.25) is 4.79 Å². The van der Waals surface area contributed by atoms with Crippen molar-refractivity contribution in [2.45, 2.75) is 32.9 Å². The lowest BCUT2D eigenvalue weighted by molar-refractivity contribution is -0.134. The van der Waals surface area contributed by atoms with Gasteiger partial charge < -0.3 is 15.6 Å². The molecule has 0 bridgehead atoms. The van der Waals surface area contributed by atoms with E-state index >= 15 is 0 Å². The van der Waals surface area contributed by atoms with Crippen molar-refractivity contribution in [2.75, 3.05) is 7.05 Å². The van der Waals surface area contributed by atoms with Crippen LogP contribution >= 0.6 is 0 Å². The second-order valence-corrected chi connectivity index (χ2v) is 5.56. The number of benzene rings is 1. The monoisotopic (exact) mass is 260 g/mol. The Hall–Kier alpha value is -1.88. The number of likely N-dealkylation sites (N-methyl/N-ethyl adjacent to an activating group) is 1. The average molecular weight is 260 g/mol. The van der Waals surface area contributed by atoms with Crippen molar-refractivity contribution < 1.29 is 4.79 Å². The fourth-order valence-electron chi connectivity index (χ4n) is 2.12. The molecule has 0 saturated heterocycles. The molecule has 0 saturated carbocycles. The predicted molar refractivity (Wildman–Crippen MR) is 75.6 cm³/mol. The van der Waals surface area contributed by atoms with E-state index in [1.807, 2.05) is 25.1 Å². The number of hydrogen-bond donors (Lipinski definition) is 2. The summed E-state index contributed by atoms with van der Waals surface area (Å²) in [7, 11) is 1.76. The molecule has 19 heavy (non-hydrogen) atoms. The van der Waals surface area contributed by atoms with Crippen molar-refractivity contribution in [2.24, 2.45) is 5.73 Å². The molecule has 0 spiro atoms. The summed E-state index contributed by atoms with van der Waals surface area (Å²) in [6.45, 7) is 5.89. The second kappa shape index (κ2) is 4.66. The number of hydrogen-bond acceptors (Lipinski definition) is 3. The lowest BCUT2D eigenvalue weighted by Gasteiger charge is -2.25. The number of carbonyl (C=O) groups excluding carboxylic acids is 1. The molecule has 1 aromatic carbocycles. The predicted octanol–water partition coefficient (Wildman–Crippen LogP) is 1.57. The van der Waals surface area contributed by atoms with Crippen LogP contribution in [0.5, 0.6) is 0 Å². The molecule has 5 nitrogen and oxygen atoms in total. The molecule has 0 aliphatic carbocycles. The third-order valence-electron chi connectivity index (χ3n) is 2.98. The Balaban J connectivity index is 2.19. The van der Waals surface area contributed by atoms with Gasteiger partial charge in [0.15, 0.2) is 0 Å². The number of H-pyrrole nitrogens is 1. The summed E-state index contributed by atoms with van der Waals surface area (Å²) in [5.41, 5.74) is 7.96. The van der Waals surface area contributed by atoms with E-state index in [-0.39, 0.29) is 5.91 Å². The molecule has 0 unspecified atom stereocenters. The zero-order valence-corrected chi connectivity index (χ0v) is 11.8. The van der Waals surface area contributed by atoms with Crippen molar-refractivity contribution in [3.8, 4) is 0 Å². The smallest absolute Gasteiger partial charge is 0.242 e. The molecular formula is C14H20N4O. The van der Waals surface area contributed by atoms with Crippen LogP contribution in [0.4, 0.5) is 0 Å². The number of amides is 1. The number of nitrogens with zero attached hydrogens (tertiary/aromatic N) is 2. The molecule has 0 atom stereocenters. The fourth-order valence-corrected chi connectivity index (χ4v) is 2.12. The lowest BCUT2D eigenvalue weighted by Crippen LogP contribution is -2.49. The van der Waals surface area contributed by atoms with E-state index in [1.54, 1.807) is 25.8 Å². The van der Waals surface area contributed by atoms with E-state index in [0.29, 0.717) is 6.54 Å². The van der Waals surface area contributed by atoms with E-state index in [2.05, 4.69) is 9.97 Å². The number of aromatic nitrogens is 2. The number of rotatable bonds is 3. The van der Waals surface area contributed by atoms with Crippen molar-refractivity contribution in [1.82, 2.24) is 14.9 Å². The average Bonchev–Trinajstić information content (AvgIpc) is 2.66. The summed E-state index contributed by atoms with van der Waals surface area (Å²) >= 11 is 0. The number of aryl methyl sites for hydroxylation is 1. The Bertz CT molecular complexity index is 609. The molecule has 2 aromatic rings. The van der Waals surface area contributed by atoms with Crippen LogP contribution in [0.1, 0.15) is 25.2 Å². The van der Waals surface area contributed by atoms with E-state index in [0.717, 1.165) is 22.4 Å². The largest absolute Gasteiger partial charge is 0.342 e. The molecule has 5 heteroatoms. The van der Waals surface area contributed by atoms with Crippen molar-refractivity contribution in [3.05, 3.63) is 29.6 Å². The summed E-state index contributed by atoms with van der Waals surface area (Å²) < 4.78 is 0. The number of fused-ring (bicyclic) bond motifs is 1. The zero-order chi connectivity index (χ0) is 14.2. The van der Waals surface area contributed by atoms with E-state index in [1.165, 1.54) is 0 Å². The van der Waals surface area contributed by atoms with E-state index in [9.17, 15) is 4.79 Å². The lowest BCUT2D eigenvalue weighted by atomic mass is 10.1. The molecule has 0 fully saturated rings. The molecule has 3 N–H and O–H groups in total. The first kappa shape index (κ1) is 13.5. The Morgan fingerprint density at radius 1 is 1.47 bits per heavy atom. The first-order valence-electron chi connectivity index (χ1n) is 6.27. The quantitative estimate of drug-likeness (QED) is 0.879.